The first-order valence-corrected chi connectivity index (χ1v) is 7.25. The van der Waals surface area contributed by atoms with E-state index in [0.29, 0.717) is 31.1 Å². The number of aryl methyl sites for hydroxylation is 1. The zero-order valence-corrected chi connectivity index (χ0v) is 11.1. The lowest BCUT2D eigenvalue weighted by atomic mass is 10.2. The number of carbonyl (C=O) groups is 1. The Morgan fingerprint density at radius 2 is 1.72 bits per heavy atom. The molecule has 0 bridgehead atoms. The summed E-state index contributed by atoms with van der Waals surface area (Å²) >= 11 is 0. The fourth-order valence-electron chi connectivity index (χ4n) is 2.03. The lowest BCUT2D eigenvalue weighted by Gasteiger charge is -2.32. The molecule has 1 amide bonds. The Hall–Kier alpha value is -1.40. The molecule has 0 aromatic heterocycles. The van der Waals surface area contributed by atoms with Gasteiger partial charge in [0.2, 0.25) is 16.4 Å². The zero-order valence-electron chi connectivity index (χ0n) is 10.2. The lowest BCUT2D eigenvalue weighted by molar-refractivity contribution is -0.119. The van der Waals surface area contributed by atoms with Gasteiger partial charge in [-0.05, 0) is 18.6 Å². The van der Waals surface area contributed by atoms with Crippen molar-refractivity contribution in [2.24, 2.45) is 0 Å². The minimum Gasteiger partial charge on any atom is -0.343 e. The van der Waals surface area contributed by atoms with Gasteiger partial charge in [0.05, 0.1) is 4.90 Å². The number of sulfonamides is 1. The quantitative estimate of drug-likeness (QED) is 0.748. The highest BCUT2D eigenvalue weighted by molar-refractivity contribution is 7.89. The molecule has 0 saturated carbocycles. The summed E-state index contributed by atoms with van der Waals surface area (Å²) in [5.41, 5.74) is 0.746. The van der Waals surface area contributed by atoms with Crippen molar-refractivity contribution in [1.82, 2.24) is 9.21 Å². The fourth-order valence-corrected chi connectivity index (χ4v) is 3.68. The summed E-state index contributed by atoms with van der Waals surface area (Å²) in [6, 6.07) is 6.95. The van der Waals surface area contributed by atoms with Crippen LogP contribution < -0.4 is 0 Å². The van der Waals surface area contributed by atoms with Gasteiger partial charge in [-0.3, -0.25) is 4.79 Å². The zero-order chi connectivity index (χ0) is 13.2. The Bertz CT molecular complexity index is 534. The largest absolute Gasteiger partial charge is 0.343 e. The maximum absolute atomic E-state index is 12.4. The van der Waals surface area contributed by atoms with Crippen LogP contribution in [0.25, 0.3) is 0 Å². The van der Waals surface area contributed by atoms with E-state index in [1.54, 1.807) is 30.0 Å². The number of carbonyl (C=O) groups excluding carboxylic acids is 1. The minimum absolute atomic E-state index is 0.351. The van der Waals surface area contributed by atoms with Crippen molar-refractivity contribution in [3.05, 3.63) is 29.8 Å². The van der Waals surface area contributed by atoms with Crippen molar-refractivity contribution < 1.29 is 13.2 Å². The van der Waals surface area contributed by atoms with E-state index in [9.17, 15) is 13.2 Å². The average Bonchev–Trinajstić information content (AvgIpc) is 2.39. The van der Waals surface area contributed by atoms with Gasteiger partial charge >= 0.3 is 0 Å². The minimum atomic E-state index is -3.43. The number of rotatable bonds is 3. The van der Waals surface area contributed by atoms with Gasteiger partial charge in [-0.2, -0.15) is 4.31 Å². The van der Waals surface area contributed by atoms with Crippen molar-refractivity contribution >= 4 is 16.4 Å². The van der Waals surface area contributed by atoms with Crippen LogP contribution in [-0.4, -0.2) is 50.2 Å². The molecule has 2 rings (SSSR count). The van der Waals surface area contributed by atoms with Crippen LogP contribution >= 0.6 is 0 Å². The molecule has 0 spiro atoms. The van der Waals surface area contributed by atoms with Crippen molar-refractivity contribution in [2.45, 2.75) is 11.8 Å². The highest BCUT2D eigenvalue weighted by Gasteiger charge is 2.28. The summed E-state index contributed by atoms with van der Waals surface area (Å²) in [4.78, 5) is 12.5. The molecule has 1 aromatic carbocycles. The van der Waals surface area contributed by atoms with E-state index < -0.39 is 10.0 Å². The predicted octanol–water partition coefficient (Wildman–Crippen LogP) is 0.458. The molecule has 1 heterocycles. The number of piperazine rings is 1. The first kappa shape index (κ1) is 13.0. The highest BCUT2D eigenvalue weighted by Crippen LogP contribution is 2.20. The van der Waals surface area contributed by atoms with Crippen molar-refractivity contribution in [3.63, 3.8) is 0 Å². The van der Waals surface area contributed by atoms with Crippen LogP contribution in [-0.2, 0) is 14.8 Å². The van der Waals surface area contributed by atoms with Crippen molar-refractivity contribution in [2.75, 3.05) is 26.2 Å². The monoisotopic (exact) mass is 268 g/mol. The molecule has 18 heavy (non-hydrogen) atoms. The molecule has 1 aliphatic heterocycles. The van der Waals surface area contributed by atoms with E-state index in [1.807, 2.05) is 6.07 Å². The van der Waals surface area contributed by atoms with Crippen LogP contribution in [0.3, 0.4) is 0 Å². The van der Waals surface area contributed by atoms with Crippen molar-refractivity contribution in [3.8, 4) is 0 Å². The molecular formula is C12H16N2O3S. The molecule has 1 aliphatic rings. The van der Waals surface area contributed by atoms with Gasteiger partial charge in [0.1, 0.15) is 0 Å². The molecule has 1 saturated heterocycles. The maximum atomic E-state index is 12.4. The maximum Gasteiger partial charge on any atom is 0.243 e. The second kappa shape index (κ2) is 5.07. The van der Waals surface area contributed by atoms with E-state index in [0.717, 1.165) is 12.0 Å². The SMILES string of the molecule is Cc1ccccc1S(=O)(=O)N1CCN(C=O)CC1. The summed E-state index contributed by atoms with van der Waals surface area (Å²) in [5, 5.41) is 0. The van der Waals surface area contributed by atoms with Crippen molar-refractivity contribution in [1.29, 1.82) is 0 Å². The molecule has 6 heteroatoms. The first-order chi connectivity index (χ1) is 8.55. The summed E-state index contributed by atoms with van der Waals surface area (Å²) in [7, 11) is -3.43. The topological polar surface area (TPSA) is 57.7 Å². The molecule has 0 N–H and O–H groups in total. The summed E-state index contributed by atoms with van der Waals surface area (Å²) in [6.07, 6.45) is 0.762. The second-order valence-electron chi connectivity index (χ2n) is 4.31. The van der Waals surface area contributed by atoms with Gasteiger partial charge in [-0.15, -0.1) is 0 Å². The molecule has 0 aliphatic carbocycles. The fraction of sp³-hybridized carbons (Fsp3) is 0.417. The molecule has 1 fully saturated rings. The number of hydrogen-bond acceptors (Lipinski definition) is 3. The Balaban J connectivity index is 2.23. The van der Waals surface area contributed by atoms with Gasteiger partial charge in [0.15, 0.2) is 0 Å². The predicted molar refractivity (Wildman–Crippen MR) is 67.6 cm³/mol. The lowest BCUT2D eigenvalue weighted by Crippen LogP contribution is -2.48. The van der Waals surface area contributed by atoms with E-state index in [4.69, 9.17) is 0 Å². The Morgan fingerprint density at radius 3 is 2.28 bits per heavy atom. The highest BCUT2D eigenvalue weighted by atomic mass is 32.2. The third-order valence-electron chi connectivity index (χ3n) is 3.13. The average molecular weight is 268 g/mol. The van der Waals surface area contributed by atoms with Crippen LogP contribution in [0, 0.1) is 6.92 Å². The van der Waals surface area contributed by atoms with Crippen LogP contribution in [0.5, 0.6) is 0 Å². The number of benzene rings is 1. The Morgan fingerprint density at radius 1 is 1.11 bits per heavy atom. The summed E-state index contributed by atoms with van der Waals surface area (Å²) in [6.45, 7) is 3.41. The molecule has 0 unspecified atom stereocenters. The van der Waals surface area contributed by atoms with E-state index in [2.05, 4.69) is 0 Å². The smallest absolute Gasteiger partial charge is 0.243 e. The van der Waals surface area contributed by atoms with Crippen LogP contribution in [0.15, 0.2) is 29.2 Å². The molecule has 98 valence electrons. The van der Waals surface area contributed by atoms with Crippen LogP contribution in [0.4, 0.5) is 0 Å². The van der Waals surface area contributed by atoms with Crippen LogP contribution in [0.2, 0.25) is 0 Å². The van der Waals surface area contributed by atoms with Gasteiger partial charge < -0.3 is 4.90 Å². The molecule has 0 radical (unpaired) electrons. The second-order valence-corrected chi connectivity index (χ2v) is 6.22. The third-order valence-corrected chi connectivity index (χ3v) is 5.19. The number of nitrogens with zero attached hydrogens (tertiary/aromatic N) is 2. The number of amides is 1. The third kappa shape index (κ3) is 2.39. The van der Waals surface area contributed by atoms with Gasteiger partial charge in [-0.25, -0.2) is 8.42 Å². The Labute approximate surface area is 107 Å². The molecule has 1 aromatic rings. The summed E-state index contributed by atoms with van der Waals surface area (Å²) in [5.74, 6) is 0. The number of hydrogen-bond donors (Lipinski definition) is 0. The molecule has 5 nitrogen and oxygen atoms in total. The van der Waals surface area contributed by atoms with E-state index in [-0.39, 0.29) is 0 Å². The standard InChI is InChI=1S/C12H16N2O3S/c1-11-4-2-3-5-12(11)18(16,17)14-8-6-13(10-15)7-9-14/h2-5,10H,6-9H2,1H3. The van der Waals surface area contributed by atoms with E-state index in [1.165, 1.54) is 4.31 Å². The van der Waals surface area contributed by atoms with Gasteiger partial charge in [0.25, 0.3) is 0 Å². The molecular weight excluding hydrogens is 252 g/mol. The first-order valence-electron chi connectivity index (χ1n) is 5.81. The van der Waals surface area contributed by atoms with Crippen LogP contribution in [0.1, 0.15) is 5.56 Å². The molecule has 0 atom stereocenters. The normalized spacial score (nSPS) is 17.7. The van der Waals surface area contributed by atoms with Gasteiger partial charge in [-0.1, -0.05) is 18.2 Å². The Kier molecular flexibility index (Phi) is 3.68. The van der Waals surface area contributed by atoms with Gasteiger partial charge in [0, 0.05) is 26.2 Å². The summed E-state index contributed by atoms with van der Waals surface area (Å²) < 4.78 is 26.3. The van der Waals surface area contributed by atoms with E-state index >= 15 is 0 Å².